The van der Waals surface area contributed by atoms with Crippen LogP contribution in [-0.2, 0) is 4.79 Å². The third-order valence-corrected chi connectivity index (χ3v) is 5.80. The molecule has 0 bridgehead atoms. The molecule has 1 aliphatic rings. The maximum atomic E-state index is 13.5. The quantitative estimate of drug-likeness (QED) is 0.309. The largest absolute Gasteiger partial charge is 0.493 e. The van der Waals surface area contributed by atoms with Gasteiger partial charge in [0.05, 0.1) is 27.9 Å². The lowest BCUT2D eigenvalue weighted by Gasteiger charge is -2.14. The van der Waals surface area contributed by atoms with Gasteiger partial charge in [0.15, 0.2) is 15.8 Å². The fraction of sp³-hybridized carbons (Fsp3) is 0.158. The number of carbonyl (C=O) groups excluding carboxylic acids is 1. The van der Waals surface area contributed by atoms with E-state index in [1.807, 2.05) is 19.1 Å². The van der Waals surface area contributed by atoms with Crippen molar-refractivity contribution in [3.05, 3.63) is 56.3 Å². The molecule has 1 amide bonds. The second kappa shape index (κ2) is 8.57. The average molecular weight is 515 g/mol. The van der Waals surface area contributed by atoms with Crippen molar-refractivity contribution < 1.29 is 18.7 Å². The van der Waals surface area contributed by atoms with Crippen molar-refractivity contribution in [1.82, 2.24) is 0 Å². The normalized spacial score (nSPS) is 15.6. The third-order valence-electron chi connectivity index (χ3n) is 3.70. The Morgan fingerprint density at radius 2 is 2.11 bits per heavy atom. The summed E-state index contributed by atoms with van der Waals surface area (Å²) in [6.07, 6.45) is 1.75. The van der Waals surface area contributed by atoms with Crippen LogP contribution < -0.4 is 14.4 Å². The lowest BCUT2D eigenvalue weighted by Crippen LogP contribution is -2.27. The molecule has 140 valence electrons. The third kappa shape index (κ3) is 4.27. The number of amides is 1. The first-order valence-corrected chi connectivity index (χ1v) is 10.3. The Morgan fingerprint density at radius 1 is 1.33 bits per heavy atom. The van der Waals surface area contributed by atoms with Crippen LogP contribution in [0, 0.1) is 9.39 Å². The van der Waals surface area contributed by atoms with E-state index in [-0.39, 0.29) is 5.91 Å². The fourth-order valence-corrected chi connectivity index (χ4v) is 4.64. The molecule has 0 spiro atoms. The van der Waals surface area contributed by atoms with Gasteiger partial charge >= 0.3 is 0 Å². The summed E-state index contributed by atoms with van der Waals surface area (Å²) in [6.45, 7) is 2.43. The van der Waals surface area contributed by atoms with E-state index in [2.05, 4.69) is 22.6 Å². The van der Waals surface area contributed by atoms with Crippen molar-refractivity contribution in [2.75, 3.05) is 18.6 Å². The van der Waals surface area contributed by atoms with Gasteiger partial charge in [-0.15, -0.1) is 0 Å². The molecule has 0 unspecified atom stereocenters. The molecule has 2 aromatic rings. The Labute approximate surface area is 179 Å². The Hall–Kier alpha value is -1.65. The number of thioether (sulfide) groups is 1. The van der Waals surface area contributed by atoms with Crippen molar-refractivity contribution in [2.45, 2.75) is 6.92 Å². The molecule has 3 rings (SSSR count). The van der Waals surface area contributed by atoms with Crippen molar-refractivity contribution in [3.63, 3.8) is 0 Å². The number of ether oxygens (including phenoxy) is 2. The molecule has 1 saturated heterocycles. The van der Waals surface area contributed by atoms with Crippen molar-refractivity contribution in [2.24, 2.45) is 0 Å². The first-order chi connectivity index (χ1) is 12.9. The van der Waals surface area contributed by atoms with Gasteiger partial charge in [0, 0.05) is 0 Å². The number of methoxy groups -OCH3 is 1. The minimum atomic E-state index is -0.420. The molecule has 8 heteroatoms. The molecule has 4 nitrogen and oxygen atoms in total. The molecule has 0 saturated carbocycles. The van der Waals surface area contributed by atoms with Crippen molar-refractivity contribution in [1.29, 1.82) is 0 Å². The zero-order valence-corrected chi connectivity index (χ0v) is 18.3. The molecule has 0 aliphatic carbocycles. The van der Waals surface area contributed by atoms with E-state index < -0.39 is 5.82 Å². The summed E-state index contributed by atoms with van der Waals surface area (Å²) in [6, 6.07) is 9.53. The van der Waals surface area contributed by atoms with Crippen LogP contribution in [0.4, 0.5) is 10.1 Å². The molecule has 2 aromatic carbocycles. The minimum Gasteiger partial charge on any atom is -0.493 e. The van der Waals surface area contributed by atoms with Crippen LogP contribution in [0.5, 0.6) is 11.5 Å². The summed E-state index contributed by atoms with van der Waals surface area (Å²) in [5, 5.41) is 0. The van der Waals surface area contributed by atoms with Crippen molar-refractivity contribution >= 4 is 68.6 Å². The highest BCUT2D eigenvalue weighted by molar-refractivity contribution is 14.1. The molecule has 0 aromatic heterocycles. The van der Waals surface area contributed by atoms with E-state index in [4.69, 9.17) is 21.7 Å². The van der Waals surface area contributed by atoms with Crippen LogP contribution in [-0.4, -0.2) is 23.9 Å². The van der Waals surface area contributed by atoms with Gasteiger partial charge in [-0.25, -0.2) is 4.39 Å². The summed E-state index contributed by atoms with van der Waals surface area (Å²) in [7, 11) is 1.57. The number of hydrogen-bond donors (Lipinski definition) is 0. The monoisotopic (exact) mass is 515 g/mol. The average Bonchev–Trinajstić information content (AvgIpc) is 2.90. The fourth-order valence-electron chi connectivity index (χ4n) is 2.56. The van der Waals surface area contributed by atoms with Gasteiger partial charge in [-0.3, -0.25) is 9.69 Å². The van der Waals surface area contributed by atoms with Crippen LogP contribution in [0.3, 0.4) is 0 Å². The second-order valence-electron chi connectivity index (χ2n) is 5.46. The minimum absolute atomic E-state index is 0.279. The SMILES string of the molecule is CCOc1c(I)cc(/C=C2\SC(=S)N(c3cccc(F)c3)C2=O)cc1OC. The van der Waals surface area contributed by atoms with Gasteiger partial charge in [-0.1, -0.05) is 30.0 Å². The zero-order valence-electron chi connectivity index (χ0n) is 14.5. The predicted octanol–water partition coefficient (Wildman–Crippen LogP) is 5.24. The number of carbonyl (C=O) groups is 1. The van der Waals surface area contributed by atoms with E-state index >= 15 is 0 Å². The van der Waals surface area contributed by atoms with Crippen LogP contribution in [0.15, 0.2) is 41.3 Å². The standard InChI is InChI=1S/C19H15FINO3S2/c1-3-25-17-14(21)7-11(8-15(17)24-2)9-16-18(23)22(19(26)27-16)13-6-4-5-12(20)10-13/h4-10H,3H2,1-2H3/b16-9-. The van der Waals surface area contributed by atoms with Crippen LogP contribution in [0.2, 0.25) is 0 Å². The van der Waals surface area contributed by atoms with E-state index in [0.717, 1.165) is 9.13 Å². The van der Waals surface area contributed by atoms with Gasteiger partial charge in [-0.2, -0.15) is 0 Å². The van der Waals surface area contributed by atoms with Crippen LogP contribution in [0.25, 0.3) is 6.08 Å². The van der Waals surface area contributed by atoms with Gasteiger partial charge in [-0.05, 0) is 71.5 Å². The van der Waals surface area contributed by atoms with E-state index in [1.165, 1.54) is 28.8 Å². The number of benzene rings is 2. The first-order valence-electron chi connectivity index (χ1n) is 7.98. The van der Waals surface area contributed by atoms with Gasteiger partial charge < -0.3 is 9.47 Å². The summed E-state index contributed by atoms with van der Waals surface area (Å²) >= 11 is 8.67. The van der Waals surface area contributed by atoms with Crippen LogP contribution in [0.1, 0.15) is 12.5 Å². The Bertz CT molecular complexity index is 949. The molecular formula is C19H15FINO3S2. The molecule has 1 heterocycles. The van der Waals surface area contributed by atoms with Crippen LogP contribution >= 0.6 is 46.6 Å². The highest BCUT2D eigenvalue weighted by Gasteiger charge is 2.33. The lowest BCUT2D eigenvalue weighted by molar-refractivity contribution is -0.113. The number of thiocarbonyl (C=S) groups is 1. The molecule has 1 fully saturated rings. The molecule has 27 heavy (non-hydrogen) atoms. The summed E-state index contributed by atoms with van der Waals surface area (Å²) < 4.78 is 25.8. The second-order valence-corrected chi connectivity index (χ2v) is 8.30. The molecule has 0 radical (unpaired) electrons. The number of halogens is 2. The van der Waals surface area contributed by atoms with E-state index in [1.54, 1.807) is 25.3 Å². The molecule has 0 atom stereocenters. The summed E-state index contributed by atoms with van der Waals surface area (Å²) in [4.78, 5) is 14.6. The predicted molar refractivity (Wildman–Crippen MR) is 119 cm³/mol. The zero-order chi connectivity index (χ0) is 19.6. The van der Waals surface area contributed by atoms with E-state index in [0.29, 0.717) is 33.0 Å². The van der Waals surface area contributed by atoms with E-state index in [9.17, 15) is 9.18 Å². The Morgan fingerprint density at radius 3 is 2.78 bits per heavy atom. The molecule has 1 aliphatic heterocycles. The maximum Gasteiger partial charge on any atom is 0.270 e. The summed E-state index contributed by atoms with van der Waals surface area (Å²) in [5.74, 6) is 0.565. The van der Waals surface area contributed by atoms with Gasteiger partial charge in [0.25, 0.3) is 5.91 Å². The van der Waals surface area contributed by atoms with Gasteiger partial charge in [0.1, 0.15) is 5.82 Å². The Balaban J connectivity index is 1.95. The smallest absolute Gasteiger partial charge is 0.270 e. The Kier molecular flexibility index (Phi) is 6.38. The number of rotatable bonds is 5. The van der Waals surface area contributed by atoms with Gasteiger partial charge in [0.2, 0.25) is 0 Å². The number of nitrogens with zero attached hydrogens (tertiary/aromatic N) is 1. The topological polar surface area (TPSA) is 38.8 Å². The summed E-state index contributed by atoms with van der Waals surface area (Å²) in [5.41, 5.74) is 1.21. The highest BCUT2D eigenvalue weighted by Crippen LogP contribution is 2.38. The maximum absolute atomic E-state index is 13.5. The number of hydrogen-bond acceptors (Lipinski definition) is 5. The van der Waals surface area contributed by atoms with Crippen molar-refractivity contribution in [3.8, 4) is 11.5 Å². The lowest BCUT2D eigenvalue weighted by atomic mass is 10.1. The first kappa shape index (κ1) is 20.1. The number of anilines is 1. The molecule has 0 N–H and O–H groups in total. The molecular weight excluding hydrogens is 500 g/mol. The highest BCUT2D eigenvalue weighted by atomic mass is 127.